The Hall–Kier alpha value is -2.11. The van der Waals surface area contributed by atoms with Gasteiger partial charge in [0.05, 0.1) is 0 Å². The normalized spacial score (nSPS) is 25.3. The number of halogens is 1. The molecule has 1 aromatic rings. The summed E-state index contributed by atoms with van der Waals surface area (Å²) in [5.74, 6) is -2.19. The number of carbonyl (C=O) groups is 4. The van der Waals surface area contributed by atoms with Gasteiger partial charge in [-0.05, 0) is 24.3 Å². The molecular weight excluding hydrogens is 494 g/mol. The maximum atomic E-state index is 11.9. The van der Waals surface area contributed by atoms with E-state index < -0.39 is 47.7 Å². The van der Waals surface area contributed by atoms with Crippen molar-refractivity contribution in [3.8, 4) is 0 Å². The van der Waals surface area contributed by atoms with Crippen molar-refractivity contribution >= 4 is 51.5 Å². The van der Waals surface area contributed by atoms with Crippen LogP contribution in [0, 0.1) is 0 Å². The molecule has 0 saturated carbocycles. The second-order valence-electron chi connectivity index (χ2n) is 6.79. The molecule has 9 nitrogen and oxygen atoms in total. The first-order valence-electron chi connectivity index (χ1n) is 9.39. The molecule has 0 unspecified atom stereocenters. The molecule has 1 aliphatic rings. The summed E-state index contributed by atoms with van der Waals surface area (Å²) < 4.78 is 22.9. The molecule has 1 aromatic carbocycles. The van der Waals surface area contributed by atoms with Gasteiger partial charge in [0.15, 0.2) is 12.2 Å². The van der Waals surface area contributed by atoms with Crippen LogP contribution in [0.4, 0.5) is 0 Å². The molecule has 1 aliphatic heterocycles. The van der Waals surface area contributed by atoms with Crippen molar-refractivity contribution in [2.24, 2.45) is 0 Å². The van der Waals surface area contributed by atoms with Gasteiger partial charge in [-0.3, -0.25) is 19.2 Å². The minimum Gasteiger partial charge on any atom is -0.463 e. The van der Waals surface area contributed by atoms with Gasteiger partial charge in [-0.1, -0.05) is 27.7 Å². The Morgan fingerprint density at radius 3 is 2.06 bits per heavy atom. The van der Waals surface area contributed by atoms with Gasteiger partial charge in [0.2, 0.25) is 5.91 Å². The summed E-state index contributed by atoms with van der Waals surface area (Å²) in [6, 6.07) is 6.56. The number of carbonyl (C=O) groups excluding carboxylic acids is 4. The lowest BCUT2D eigenvalue weighted by Crippen LogP contribution is -2.65. The Balaban J connectivity index is 2.43. The van der Waals surface area contributed by atoms with Crippen LogP contribution in [0.2, 0.25) is 0 Å². The third-order valence-corrected chi connectivity index (χ3v) is 5.85. The van der Waals surface area contributed by atoms with Crippen molar-refractivity contribution in [3.05, 3.63) is 28.7 Å². The third-order valence-electron chi connectivity index (χ3n) is 4.14. The SMILES string of the molecule is CC(=O)N[C@H]1[C@H](OC(C)=O)[C@H](OC(C)=O)[C@@H](COC(C)=O)O[C@H]1Sc1ccc(Br)cc1. The van der Waals surface area contributed by atoms with Gasteiger partial charge in [0.1, 0.15) is 24.2 Å². The lowest BCUT2D eigenvalue weighted by Gasteiger charge is -2.45. The number of hydrogen-bond acceptors (Lipinski definition) is 9. The lowest BCUT2D eigenvalue weighted by molar-refractivity contribution is -0.211. The maximum Gasteiger partial charge on any atom is 0.303 e. The predicted octanol–water partition coefficient (Wildman–Crippen LogP) is 2.20. The van der Waals surface area contributed by atoms with E-state index in [0.717, 1.165) is 9.37 Å². The Morgan fingerprint density at radius 1 is 0.968 bits per heavy atom. The Labute approximate surface area is 192 Å². The van der Waals surface area contributed by atoms with Crippen LogP contribution in [-0.4, -0.2) is 60.2 Å². The molecule has 170 valence electrons. The van der Waals surface area contributed by atoms with Crippen molar-refractivity contribution in [3.63, 3.8) is 0 Å². The van der Waals surface area contributed by atoms with E-state index in [-0.39, 0.29) is 12.5 Å². The van der Waals surface area contributed by atoms with Crippen LogP contribution in [0.25, 0.3) is 0 Å². The topological polar surface area (TPSA) is 117 Å². The number of nitrogens with one attached hydrogen (secondary N) is 1. The highest BCUT2D eigenvalue weighted by Crippen LogP contribution is 2.36. The molecule has 1 amide bonds. The number of rotatable bonds is 7. The number of thioether (sulfide) groups is 1. The van der Waals surface area contributed by atoms with Crippen LogP contribution < -0.4 is 5.32 Å². The Bertz CT molecular complexity index is 818. The van der Waals surface area contributed by atoms with E-state index >= 15 is 0 Å². The summed E-state index contributed by atoms with van der Waals surface area (Å²) >= 11 is 4.66. The number of amides is 1. The summed E-state index contributed by atoms with van der Waals surface area (Å²) in [6.45, 7) is 4.74. The third kappa shape index (κ3) is 7.82. The lowest BCUT2D eigenvalue weighted by atomic mass is 9.97. The summed E-state index contributed by atoms with van der Waals surface area (Å²) in [5.41, 5.74) is -0.734. The fraction of sp³-hybridized carbons (Fsp3) is 0.500. The van der Waals surface area contributed by atoms with E-state index in [2.05, 4.69) is 21.2 Å². The Morgan fingerprint density at radius 2 is 1.55 bits per heavy atom. The summed E-state index contributed by atoms with van der Waals surface area (Å²) in [4.78, 5) is 47.7. The zero-order valence-corrected chi connectivity index (χ0v) is 19.9. The molecule has 1 N–H and O–H groups in total. The molecule has 0 radical (unpaired) electrons. The molecule has 1 saturated heterocycles. The van der Waals surface area contributed by atoms with Crippen LogP contribution in [0.5, 0.6) is 0 Å². The Kier molecular flexibility index (Phi) is 9.32. The molecule has 0 aliphatic carbocycles. The van der Waals surface area contributed by atoms with Crippen LogP contribution in [-0.2, 0) is 38.1 Å². The molecule has 11 heteroatoms. The molecule has 1 fully saturated rings. The van der Waals surface area contributed by atoms with Crippen molar-refractivity contribution < 1.29 is 38.1 Å². The van der Waals surface area contributed by atoms with Gasteiger partial charge in [0.25, 0.3) is 0 Å². The van der Waals surface area contributed by atoms with E-state index in [0.29, 0.717) is 0 Å². The number of esters is 3. The highest BCUT2D eigenvalue weighted by atomic mass is 79.9. The van der Waals surface area contributed by atoms with E-state index in [1.807, 2.05) is 24.3 Å². The van der Waals surface area contributed by atoms with Gasteiger partial charge in [0, 0.05) is 37.1 Å². The average Bonchev–Trinajstić information content (AvgIpc) is 2.65. The summed E-state index contributed by atoms with van der Waals surface area (Å²) in [6.07, 6.45) is -3.08. The minimum absolute atomic E-state index is 0.227. The maximum absolute atomic E-state index is 11.9. The van der Waals surface area contributed by atoms with Gasteiger partial charge in [-0.25, -0.2) is 0 Å². The molecule has 0 aromatic heterocycles. The van der Waals surface area contributed by atoms with Gasteiger partial charge in [-0.15, -0.1) is 0 Å². The van der Waals surface area contributed by atoms with Crippen LogP contribution in [0.15, 0.2) is 33.6 Å². The first-order valence-corrected chi connectivity index (χ1v) is 11.1. The highest BCUT2D eigenvalue weighted by Gasteiger charge is 2.51. The fourth-order valence-corrected chi connectivity index (χ4v) is 4.43. The van der Waals surface area contributed by atoms with Crippen molar-refractivity contribution in [1.82, 2.24) is 5.32 Å². The molecule has 2 rings (SSSR count). The number of ether oxygens (including phenoxy) is 4. The second kappa shape index (κ2) is 11.5. The van der Waals surface area contributed by atoms with Crippen molar-refractivity contribution in [2.75, 3.05) is 6.61 Å². The van der Waals surface area contributed by atoms with Crippen molar-refractivity contribution in [1.29, 1.82) is 0 Å². The summed E-state index contributed by atoms with van der Waals surface area (Å²) in [7, 11) is 0. The minimum atomic E-state index is -1.10. The highest BCUT2D eigenvalue weighted by molar-refractivity contribution is 9.10. The van der Waals surface area contributed by atoms with E-state index in [9.17, 15) is 19.2 Å². The van der Waals surface area contributed by atoms with Gasteiger partial charge < -0.3 is 24.3 Å². The van der Waals surface area contributed by atoms with Crippen LogP contribution >= 0.6 is 27.7 Å². The quantitative estimate of drug-likeness (QED) is 0.428. The first-order chi connectivity index (χ1) is 14.6. The van der Waals surface area contributed by atoms with E-state index in [1.165, 1.54) is 39.5 Å². The fourth-order valence-electron chi connectivity index (χ4n) is 3.04. The van der Waals surface area contributed by atoms with Gasteiger partial charge >= 0.3 is 17.9 Å². The summed E-state index contributed by atoms with van der Waals surface area (Å²) in [5, 5.41) is 2.74. The van der Waals surface area contributed by atoms with E-state index in [1.54, 1.807) is 0 Å². The molecule has 31 heavy (non-hydrogen) atoms. The zero-order chi connectivity index (χ0) is 23.1. The first kappa shape index (κ1) is 25.2. The largest absolute Gasteiger partial charge is 0.463 e. The van der Waals surface area contributed by atoms with Crippen LogP contribution in [0.3, 0.4) is 0 Å². The predicted molar refractivity (Wildman–Crippen MR) is 114 cm³/mol. The van der Waals surface area contributed by atoms with Crippen molar-refractivity contribution in [2.45, 2.75) is 62.4 Å². The molecule has 5 atom stereocenters. The second-order valence-corrected chi connectivity index (χ2v) is 8.88. The molecular formula is C20H24BrNO8S. The molecule has 1 heterocycles. The van der Waals surface area contributed by atoms with Crippen LogP contribution in [0.1, 0.15) is 27.7 Å². The molecule has 0 spiro atoms. The molecule has 0 bridgehead atoms. The number of hydrogen-bond donors (Lipinski definition) is 1. The smallest absolute Gasteiger partial charge is 0.303 e. The van der Waals surface area contributed by atoms with Gasteiger partial charge in [-0.2, -0.15) is 0 Å². The number of benzene rings is 1. The zero-order valence-electron chi connectivity index (χ0n) is 17.5. The van der Waals surface area contributed by atoms with E-state index in [4.69, 9.17) is 18.9 Å². The monoisotopic (exact) mass is 517 g/mol. The standard InChI is InChI=1S/C20H24BrNO8S/c1-10(23)22-17-19(29-13(4)26)18(28-12(3)25)16(9-27-11(2)24)30-20(17)31-15-7-5-14(21)6-8-15/h5-8,16-20H,9H2,1-4H3,(H,22,23)/t16-,17+,18-,19+,20+/m1/s1. The average molecular weight is 518 g/mol.